The van der Waals surface area contributed by atoms with Crippen LogP contribution in [0.1, 0.15) is 11.1 Å². The van der Waals surface area contributed by atoms with Crippen LogP contribution in [0.25, 0.3) is 0 Å². The number of amides is 1. The lowest BCUT2D eigenvalue weighted by Gasteiger charge is -2.08. The Morgan fingerprint density at radius 2 is 1.62 bits per heavy atom. The first-order valence-electron chi connectivity index (χ1n) is 7.49. The summed E-state index contributed by atoms with van der Waals surface area (Å²) in [4.78, 5) is 11.9. The maximum Gasteiger partial charge on any atom is 0.224 e. The summed E-state index contributed by atoms with van der Waals surface area (Å²) >= 11 is 0. The Morgan fingerprint density at radius 3 is 2.25 bits per heavy atom. The number of hydrogen-bond donors (Lipinski definition) is 2. The molecule has 0 aliphatic heterocycles. The molecule has 0 aliphatic rings. The second kappa shape index (κ2) is 10.5. The van der Waals surface area contributed by atoms with E-state index in [9.17, 15) is 4.79 Å². The number of methoxy groups -OCH3 is 1. The number of nitrogen functional groups attached to an aromatic ring is 1. The Bertz CT molecular complexity index is 615. The summed E-state index contributed by atoms with van der Waals surface area (Å²) < 4.78 is 10.4. The van der Waals surface area contributed by atoms with E-state index in [1.807, 2.05) is 36.4 Å². The van der Waals surface area contributed by atoms with Gasteiger partial charge < -0.3 is 20.5 Å². The first-order valence-corrected chi connectivity index (χ1v) is 7.49. The fourth-order valence-electron chi connectivity index (χ4n) is 2.03. The summed E-state index contributed by atoms with van der Waals surface area (Å²) in [5, 5.41) is 2.90. The van der Waals surface area contributed by atoms with Gasteiger partial charge in [-0.2, -0.15) is 0 Å². The molecule has 0 aliphatic carbocycles. The quantitative estimate of drug-likeness (QED) is 0.567. The van der Waals surface area contributed by atoms with Gasteiger partial charge in [0.05, 0.1) is 13.0 Å². The minimum Gasteiger partial charge on any atom is -0.491 e. The largest absolute Gasteiger partial charge is 0.491 e. The smallest absolute Gasteiger partial charge is 0.224 e. The van der Waals surface area contributed by atoms with Crippen molar-refractivity contribution in [1.82, 2.24) is 5.32 Å². The van der Waals surface area contributed by atoms with Crippen molar-refractivity contribution in [2.45, 2.75) is 13.0 Å². The van der Waals surface area contributed by atoms with E-state index in [1.165, 1.54) is 0 Å². The average molecular weight is 351 g/mol. The van der Waals surface area contributed by atoms with Gasteiger partial charge in [-0.25, -0.2) is 0 Å². The SMILES string of the molecule is COCCOc1ccc(CNC(=O)Cc2ccc(N)cc2)cc1.Cl. The number of hydrogen-bond acceptors (Lipinski definition) is 4. The van der Waals surface area contributed by atoms with Crippen molar-refractivity contribution in [3.05, 3.63) is 59.7 Å². The molecule has 1 amide bonds. The molecule has 2 rings (SSSR count). The van der Waals surface area contributed by atoms with Gasteiger partial charge in [0.15, 0.2) is 0 Å². The van der Waals surface area contributed by atoms with Crippen molar-refractivity contribution in [3.8, 4) is 5.75 Å². The third-order valence-corrected chi connectivity index (χ3v) is 3.31. The highest BCUT2D eigenvalue weighted by Crippen LogP contribution is 2.12. The van der Waals surface area contributed by atoms with Crippen molar-refractivity contribution >= 4 is 24.0 Å². The van der Waals surface area contributed by atoms with Crippen molar-refractivity contribution in [3.63, 3.8) is 0 Å². The molecule has 0 atom stereocenters. The van der Waals surface area contributed by atoms with E-state index in [0.29, 0.717) is 31.9 Å². The van der Waals surface area contributed by atoms with E-state index in [0.717, 1.165) is 16.9 Å². The first-order chi connectivity index (χ1) is 11.2. The molecule has 3 N–H and O–H groups in total. The zero-order chi connectivity index (χ0) is 16.5. The molecule has 24 heavy (non-hydrogen) atoms. The van der Waals surface area contributed by atoms with E-state index >= 15 is 0 Å². The van der Waals surface area contributed by atoms with Crippen LogP contribution in [0.3, 0.4) is 0 Å². The Morgan fingerprint density at radius 1 is 1.00 bits per heavy atom. The number of carbonyl (C=O) groups excluding carboxylic acids is 1. The van der Waals surface area contributed by atoms with Crippen LogP contribution in [0.15, 0.2) is 48.5 Å². The predicted octanol–water partition coefficient (Wildman–Crippen LogP) is 2.57. The van der Waals surface area contributed by atoms with Gasteiger partial charge in [-0.1, -0.05) is 24.3 Å². The molecule has 0 saturated heterocycles. The predicted molar refractivity (Wildman–Crippen MR) is 97.5 cm³/mol. The summed E-state index contributed by atoms with van der Waals surface area (Å²) in [5.74, 6) is 0.772. The molecule has 6 heteroatoms. The van der Waals surface area contributed by atoms with E-state index in [1.54, 1.807) is 19.2 Å². The van der Waals surface area contributed by atoms with Gasteiger partial charge in [0.2, 0.25) is 5.91 Å². The van der Waals surface area contributed by atoms with Crippen LogP contribution in [0, 0.1) is 0 Å². The highest BCUT2D eigenvalue weighted by atomic mass is 35.5. The molecule has 0 saturated carbocycles. The fourth-order valence-corrected chi connectivity index (χ4v) is 2.03. The molecule has 2 aromatic carbocycles. The van der Waals surface area contributed by atoms with Crippen LogP contribution in [0.4, 0.5) is 5.69 Å². The molecule has 130 valence electrons. The van der Waals surface area contributed by atoms with Gasteiger partial charge in [0.1, 0.15) is 12.4 Å². The number of nitrogens with two attached hydrogens (primary N) is 1. The lowest BCUT2D eigenvalue weighted by Crippen LogP contribution is -2.24. The van der Waals surface area contributed by atoms with Crippen LogP contribution in [0.2, 0.25) is 0 Å². The number of rotatable bonds is 8. The Hall–Kier alpha value is -2.24. The normalized spacial score (nSPS) is 9.88. The van der Waals surface area contributed by atoms with Crippen LogP contribution < -0.4 is 15.8 Å². The maximum absolute atomic E-state index is 11.9. The van der Waals surface area contributed by atoms with Crippen LogP contribution >= 0.6 is 12.4 Å². The summed E-state index contributed by atoms with van der Waals surface area (Å²) in [6.07, 6.45) is 0.346. The molecule has 0 fully saturated rings. The number of nitrogens with one attached hydrogen (secondary N) is 1. The van der Waals surface area contributed by atoms with Gasteiger partial charge >= 0.3 is 0 Å². The van der Waals surface area contributed by atoms with Crippen molar-refractivity contribution in [1.29, 1.82) is 0 Å². The highest BCUT2D eigenvalue weighted by molar-refractivity contribution is 5.85. The molecule has 0 bridgehead atoms. The highest BCUT2D eigenvalue weighted by Gasteiger charge is 2.03. The monoisotopic (exact) mass is 350 g/mol. The van der Waals surface area contributed by atoms with Crippen LogP contribution in [-0.2, 0) is 22.5 Å². The molecule has 0 aromatic heterocycles. The number of carbonyl (C=O) groups is 1. The van der Waals surface area contributed by atoms with Gasteiger partial charge in [-0.15, -0.1) is 12.4 Å². The molecule has 2 aromatic rings. The maximum atomic E-state index is 11.9. The topological polar surface area (TPSA) is 73.6 Å². The zero-order valence-electron chi connectivity index (χ0n) is 13.7. The van der Waals surface area contributed by atoms with E-state index in [4.69, 9.17) is 15.2 Å². The van der Waals surface area contributed by atoms with E-state index < -0.39 is 0 Å². The van der Waals surface area contributed by atoms with Crippen LogP contribution in [0.5, 0.6) is 5.75 Å². The standard InChI is InChI=1S/C18H22N2O3.ClH/c1-22-10-11-23-17-8-4-15(5-9-17)13-20-18(21)12-14-2-6-16(19)7-3-14;/h2-9H,10-13,19H2,1H3,(H,20,21);1H. The van der Waals surface area contributed by atoms with Crippen molar-refractivity contribution < 1.29 is 14.3 Å². The molecule has 0 spiro atoms. The van der Waals surface area contributed by atoms with Crippen molar-refractivity contribution in [2.75, 3.05) is 26.1 Å². The van der Waals surface area contributed by atoms with E-state index in [2.05, 4.69) is 5.32 Å². The number of ether oxygens (including phenoxy) is 2. The third kappa shape index (κ3) is 6.89. The summed E-state index contributed by atoms with van der Waals surface area (Å²) in [7, 11) is 1.64. The van der Waals surface area contributed by atoms with Gasteiger partial charge in [-0.05, 0) is 35.4 Å². The third-order valence-electron chi connectivity index (χ3n) is 3.31. The van der Waals surface area contributed by atoms with Crippen LogP contribution in [-0.4, -0.2) is 26.2 Å². The summed E-state index contributed by atoms with van der Waals surface area (Å²) in [6.45, 7) is 1.57. The van der Waals surface area contributed by atoms with Gasteiger partial charge in [0.25, 0.3) is 0 Å². The average Bonchev–Trinajstić information content (AvgIpc) is 2.56. The minimum absolute atomic E-state index is 0. The van der Waals surface area contributed by atoms with E-state index in [-0.39, 0.29) is 18.3 Å². The molecule has 0 heterocycles. The number of anilines is 1. The van der Waals surface area contributed by atoms with Gasteiger partial charge in [0, 0.05) is 19.3 Å². The number of halogens is 1. The summed E-state index contributed by atoms with van der Waals surface area (Å²) in [6, 6.07) is 15.0. The Kier molecular flexibility index (Phi) is 8.68. The lowest BCUT2D eigenvalue weighted by atomic mass is 10.1. The molecule has 5 nitrogen and oxygen atoms in total. The fraction of sp³-hybridized carbons (Fsp3) is 0.278. The minimum atomic E-state index is -0.0183. The second-order valence-electron chi connectivity index (χ2n) is 5.18. The molecule has 0 radical (unpaired) electrons. The van der Waals surface area contributed by atoms with Crippen molar-refractivity contribution in [2.24, 2.45) is 0 Å². The molecule has 0 unspecified atom stereocenters. The second-order valence-corrected chi connectivity index (χ2v) is 5.18. The first kappa shape index (κ1) is 19.8. The Labute approximate surface area is 148 Å². The van der Waals surface area contributed by atoms with Gasteiger partial charge in [-0.3, -0.25) is 4.79 Å². The molecular formula is C18H23ClN2O3. The molecular weight excluding hydrogens is 328 g/mol. The Balaban J connectivity index is 0.00000288. The zero-order valence-corrected chi connectivity index (χ0v) is 14.5. The lowest BCUT2D eigenvalue weighted by molar-refractivity contribution is -0.120. The summed E-state index contributed by atoms with van der Waals surface area (Å²) in [5.41, 5.74) is 8.29. The number of benzene rings is 2.